The summed E-state index contributed by atoms with van der Waals surface area (Å²) in [5.74, 6) is 1.09. The lowest BCUT2D eigenvalue weighted by molar-refractivity contribution is 0.184. The molecule has 5 nitrogen and oxygen atoms in total. The Morgan fingerprint density at radius 2 is 1.94 bits per heavy atom. The number of rotatable bonds is 4. The largest absolute Gasteiger partial charge is 0.467 e. The lowest BCUT2D eigenvalue weighted by atomic mass is 9.85. The predicted molar refractivity (Wildman–Crippen MR) is 67.9 cm³/mol. The molecule has 0 aromatic carbocycles. The second-order valence-electron chi connectivity index (χ2n) is 4.36. The maximum absolute atomic E-state index is 5.75. The molecule has 1 aromatic heterocycles. The zero-order valence-electron chi connectivity index (χ0n) is 10.5. The Kier molecular flexibility index (Phi) is 4.36. The smallest absolute Gasteiger partial charge is 0.323 e. The van der Waals surface area contributed by atoms with Crippen LogP contribution in [0.4, 0.5) is 0 Å². The van der Waals surface area contributed by atoms with E-state index in [2.05, 4.69) is 34.0 Å². The highest BCUT2D eigenvalue weighted by atomic mass is 35.5. The van der Waals surface area contributed by atoms with Crippen molar-refractivity contribution in [2.45, 2.75) is 19.8 Å². The fourth-order valence-electron chi connectivity index (χ4n) is 1.89. The van der Waals surface area contributed by atoms with E-state index in [0.717, 1.165) is 12.8 Å². The van der Waals surface area contributed by atoms with Crippen molar-refractivity contribution >= 4 is 11.6 Å². The number of methoxy groups -OCH3 is 1. The summed E-state index contributed by atoms with van der Waals surface area (Å²) in [7, 11) is 1.48. The van der Waals surface area contributed by atoms with Crippen LogP contribution in [0.15, 0.2) is 12.2 Å². The number of allylic oxidation sites excluding steroid dienone is 2. The molecule has 0 bridgehead atoms. The first-order valence-electron chi connectivity index (χ1n) is 5.92. The first-order chi connectivity index (χ1) is 8.69. The quantitative estimate of drug-likeness (QED) is 0.786. The minimum atomic E-state index is 0.0773. The number of aromatic nitrogens is 3. The topological polar surface area (TPSA) is 57.1 Å². The van der Waals surface area contributed by atoms with Crippen LogP contribution in [0.5, 0.6) is 12.0 Å². The summed E-state index contributed by atoms with van der Waals surface area (Å²) >= 11 is 5.75. The van der Waals surface area contributed by atoms with Gasteiger partial charge in [0, 0.05) is 0 Å². The summed E-state index contributed by atoms with van der Waals surface area (Å²) < 4.78 is 10.5. The van der Waals surface area contributed by atoms with Gasteiger partial charge < -0.3 is 9.47 Å². The lowest BCUT2D eigenvalue weighted by Crippen LogP contribution is -2.21. The van der Waals surface area contributed by atoms with Crippen LogP contribution in [0.3, 0.4) is 0 Å². The predicted octanol–water partition coefficient (Wildman–Crippen LogP) is 2.51. The van der Waals surface area contributed by atoms with Crippen LogP contribution < -0.4 is 9.47 Å². The normalized spacial score (nSPS) is 22.8. The van der Waals surface area contributed by atoms with Gasteiger partial charge >= 0.3 is 12.0 Å². The summed E-state index contributed by atoms with van der Waals surface area (Å²) in [4.78, 5) is 11.7. The van der Waals surface area contributed by atoms with Crippen molar-refractivity contribution in [2.24, 2.45) is 11.8 Å². The van der Waals surface area contributed by atoms with E-state index in [1.807, 2.05) is 0 Å². The van der Waals surface area contributed by atoms with Crippen LogP contribution in [-0.4, -0.2) is 28.7 Å². The highest BCUT2D eigenvalue weighted by Crippen LogP contribution is 2.25. The summed E-state index contributed by atoms with van der Waals surface area (Å²) in [6.45, 7) is 2.80. The van der Waals surface area contributed by atoms with Crippen LogP contribution in [0.1, 0.15) is 19.8 Å². The van der Waals surface area contributed by atoms with Crippen molar-refractivity contribution in [2.75, 3.05) is 13.7 Å². The first-order valence-corrected chi connectivity index (χ1v) is 6.30. The molecule has 0 amide bonds. The third-order valence-electron chi connectivity index (χ3n) is 3.09. The third-order valence-corrected chi connectivity index (χ3v) is 3.26. The van der Waals surface area contributed by atoms with Gasteiger partial charge in [0.15, 0.2) is 0 Å². The van der Waals surface area contributed by atoms with E-state index in [-0.39, 0.29) is 17.3 Å². The molecule has 0 N–H and O–H groups in total. The van der Waals surface area contributed by atoms with Crippen LogP contribution >= 0.6 is 11.6 Å². The highest BCUT2D eigenvalue weighted by molar-refractivity contribution is 6.28. The summed E-state index contributed by atoms with van der Waals surface area (Å²) in [6.07, 6.45) is 6.52. The second-order valence-corrected chi connectivity index (χ2v) is 4.70. The van der Waals surface area contributed by atoms with Crippen molar-refractivity contribution < 1.29 is 9.47 Å². The second kappa shape index (κ2) is 6.00. The van der Waals surface area contributed by atoms with Crippen molar-refractivity contribution in [1.82, 2.24) is 15.0 Å². The van der Waals surface area contributed by atoms with Gasteiger partial charge in [-0.2, -0.15) is 9.97 Å². The van der Waals surface area contributed by atoms with Gasteiger partial charge in [-0.25, -0.2) is 0 Å². The van der Waals surface area contributed by atoms with E-state index < -0.39 is 0 Å². The molecule has 18 heavy (non-hydrogen) atoms. The van der Waals surface area contributed by atoms with Gasteiger partial charge in [-0.3, -0.25) is 0 Å². The Hall–Kier alpha value is -1.36. The average Bonchev–Trinajstić information content (AvgIpc) is 2.37. The van der Waals surface area contributed by atoms with Gasteiger partial charge in [-0.15, -0.1) is 4.98 Å². The minimum Gasteiger partial charge on any atom is -0.467 e. The summed E-state index contributed by atoms with van der Waals surface area (Å²) in [6, 6.07) is 0.384. The molecule has 6 heteroatoms. The number of nitrogens with zero attached hydrogens (tertiary/aromatic N) is 3. The number of halogens is 1. The Labute approximate surface area is 111 Å². The van der Waals surface area contributed by atoms with Gasteiger partial charge in [0.25, 0.3) is 0 Å². The Morgan fingerprint density at radius 1 is 1.22 bits per heavy atom. The molecule has 2 rings (SSSR count). The molecule has 0 radical (unpaired) electrons. The molecule has 0 saturated carbocycles. The van der Waals surface area contributed by atoms with E-state index in [9.17, 15) is 0 Å². The molecule has 1 aliphatic rings. The molecular formula is C12H16ClN3O2. The number of ether oxygens (including phenoxy) is 2. The molecule has 1 heterocycles. The molecule has 1 aromatic rings. The minimum absolute atomic E-state index is 0.0773. The van der Waals surface area contributed by atoms with Gasteiger partial charge in [0.05, 0.1) is 13.7 Å². The fourth-order valence-corrected chi connectivity index (χ4v) is 2.04. The fraction of sp³-hybridized carbons (Fsp3) is 0.583. The molecule has 98 valence electrons. The average molecular weight is 270 g/mol. The molecule has 2 unspecified atom stereocenters. The van der Waals surface area contributed by atoms with E-state index in [1.165, 1.54) is 7.11 Å². The first kappa shape index (κ1) is 13.1. The molecule has 0 saturated heterocycles. The Morgan fingerprint density at radius 3 is 2.67 bits per heavy atom. The maximum atomic E-state index is 5.75. The molecule has 2 atom stereocenters. The van der Waals surface area contributed by atoms with E-state index >= 15 is 0 Å². The SMILES string of the molecule is COc1nc(Cl)nc(OCC2CC=CCC2C)n1. The monoisotopic (exact) mass is 269 g/mol. The van der Waals surface area contributed by atoms with Crippen molar-refractivity contribution in [3.8, 4) is 12.0 Å². The van der Waals surface area contributed by atoms with Crippen molar-refractivity contribution in [3.63, 3.8) is 0 Å². The van der Waals surface area contributed by atoms with Gasteiger partial charge in [-0.1, -0.05) is 19.1 Å². The third kappa shape index (κ3) is 3.32. The van der Waals surface area contributed by atoms with Crippen LogP contribution in [0, 0.1) is 11.8 Å². The number of hydrogen-bond donors (Lipinski definition) is 0. The Bertz CT molecular complexity index is 439. The standard InChI is InChI=1S/C12H16ClN3O2/c1-8-5-3-4-6-9(8)7-18-12-15-10(13)14-11(16-12)17-2/h3-4,8-9H,5-7H2,1-2H3. The van der Waals surface area contributed by atoms with Gasteiger partial charge in [0.1, 0.15) is 0 Å². The van der Waals surface area contributed by atoms with Crippen LogP contribution in [0.25, 0.3) is 0 Å². The van der Waals surface area contributed by atoms with E-state index in [4.69, 9.17) is 21.1 Å². The van der Waals surface area contributed by atoms with Gasteiger partial charge in [0.2, 0.25) is 5.28 Å². The van der Waals surface area contributed by atoms with Crippen molar-refractivity contribution in [1.29, 1.82) is 0 Å². The summed E-state index contributed by atoms with van der Waals surface area (Å²) in [5.41, 5.74) is 0. The Balaban J connectivity index is 1.97. The van der Waals surface area contributed by atoms with E-state index in [1.54, 1.807) is 0 Å². The highest BCUT2D eigenvalue weighted by Gasteiger charge is 2.19. The maximum Gasteiger partial charge on any atom is 0.323 e. The summed E-state index contributed by atoms with van der Waals surface area (Å²) in [5, 5.41) is 0.0773. The van der Waals surface area contributed by atoms with Crippen molar-refractivity contribution in [3.05, 3.63) is 17.4 Å². The van der Waals surface area contributed by atoms with Gasteiger partial charge in [-0.05, 0) is 36.3 Å². The van der Waals surface area contributed by atoms with Crippen LogP contribution in [0.2, 0.25) is 5.28 Å². The molecule has 0 spiro atoms. The van der Waals surface area contributed by atoms with E-state index in [0.29, 0.717) is 18.4 Å². The molecule has 1 aliphatic carbocycles. The molecular weight excluding hydrogens is 254 g/mol. The molecule has 0 fully saturated rings. The molecule has 0 aliphatic heterocycles. The van der Waals surface area contributed by atoms with Crippen LogP contribution in [-0.2, 0) is 0 Å². The zero-order chi connectivity index (χ0) is 13.0. The number of hydrogen-bond acceptors (Lipinski definition) is 5. The lowest BCUT2D eigenvalue weighted by Gasteiger charge is -2.24. The zero-order valence-corrected chi connectivity index (χ0v) is 11.2.